The Morgan fingerprint density at radius 3 is 2.32 bits per heavy atom. The highest BCUT2D eigenvalue weighted by Crippen LogP contribution is 2.25. The van der Waals surface area contributed by atoms with Crippen LogP contribution in [0.1, 0.15) is 10.4 Å². The zero-order valence-corrected chi connectivity index (χ0v) is 11.2. The molecule has 0 saturated carbocycles. The van der Waals surface area contributed by atoms with Gasteiger partial charge in [-0.25, -0.2) is 0 Å². The Kier molecular flexibility index (Phi) is 3.83. The first-order chi connectivity index (χ1) is 8.95. The first kappa shape index (κ1) is 13.5. The van der Waals surface area contributed by atoms with Gasteiger partial charge in [-0.15, -0.1) is 0 Å². The van der Waals surface area contributed by atoms with Crippen molar-refractivity contribution in [3.63, 3.8) is 0 Å². The molecule has 0 aliphatic carbocycles. The number of amides is 1. The smallest absolute Gasteiger partial charge is 0.259 e. The molecule has 2 rings (SSSR count). The third-order valence-electron chi connectivity index (χ3n) is 2.39. The van der Waals surface area contributed by atoms with E-state index in [1.165, 1.54) is 18.2 Å². The molecule has 0 bridgehead atoms. The molecule has 0 fully saturated rings. The maximum Gasteiger partial charge on any atom is 0.259 e. The predicted molar refractivity (Wildman–Crippen MR) is 76.9 cm³/mol. The number of anilines is 2. The van der Waals surface area contributed by atoms with Crippen LogP contribution in [-0.2, 0) is 0 Å². The van der Waals surface area contributed by atoms with E-state index in [1.54, 1.807) is 18.2 Å². The number of nitrogens with two attached hydrogens (primary N) is 1. The third kappa shape index (κ3) is 3.30. The largest absolute Gasteiger partial charge is 0.507 e. The topological polar surface area (TPSA) is 75.4 Å². The minimum Gasteiger partial charge on any atom is -0.507 e. The molecule has 0 saturated heterocycles. The summed E-state index contributed by atoms with van der Waals surface area (Å²) in [5.41, 5.74) is 6.43. The molecular formula is C13H10Cl2N2O2. The molecule has 98 valence electrons. The number of rotatable bonds is 2. The number of hydrogen-bond donors (Lipinski definition) is 3. The van der Waals surface area contributed by atoms with Crippen molar-refractivity contribution in [2.45, 2.75) is 0 Å². The fraction of sp³-hybridized carbons (Fsp3) is 0. The fourth-order valence-electron chi connectivity index (χ4n) is 1.57. The van der Waals surface area contributed by atoms with Crippen LogP contribution in [-0.4, -0.2) is 11.0 Å². The summed E-state index contributed by atoms with van der Waals surface area (Å²) in [6.07, 6.45) is 0. The summed E-state index contributed by atoms with van der Waals surface area (Å²) in [5, 5.41) is 13.1. The molecule has 1 amide bonds. The number of nitrogens with one attached hydrogen (secondary N) is 1. The molecule has 0 unspecified atom stereocenters. The number of phenolic OH excluding ortho intramolecular Hbond substituents is 1. The summed E-state index contributed by atoms with van der Waals surface area (Å²) >= 11 is 11.7. The Hall–Kier alpha value is -1.91. The average molecular weight is 297 g/mol. The molecule has 0 aliphatic rings. The number of benzene rings is 2. The van der Waals surface area contributed by atoms with Gasteiger partial charge in [0.25, 0.3) is 5.91 Å². The van der Waals surface area contributed by atoms with Gasteiger partial charge in [-0.3, -0.25) is 4.79 Å². The normalized spacial score (nSPS) is 10.2. The van der Waals surface area contributed by atoms with E-state index in [1.807, 2.05) is 0 Å². The first-order valence-corrected chi connectivity index (χ1v) is 6.07. The van der Waals surface area contributed by atoms with Crippen molar-refractivity contribution >= 4 is 40.5 Å². The summed E-state index contributed by atoms with van der Waals surface area (Å²) in [7, 11) is 0. The fourth-order valence-corrected chi connectivity index (χ4v) is 2.09. The molecule has 0 radical (unpaired) electrons. The van der Waals surface area contributed by atoms with E-state index < -0.39 is 5.91 Å². The van der Waals surface area contributed by atoms with Crippen molar-refractivity contribution in [3.05, 3.63) is 52.0 Å². The second kappa shape index (κ2) is 5.38. The van der Waals surface area contributed by atoms with Crippen LogP contribution in [0.15, 0.2) is 36.4 Å². The lowest BCUT2D eigenvalue weighted by atomic mass is 10.1. The Labute approximate surface area is 119 Å². The second-order valence-electron chi connectivity index (χ2n) is 3.89. The molecule has 2 aromatic rings. The highest BCUT2D eigenvalue weighted by Gasteiger charge is 2.12. The molecular weight excluding hydrogens is 287 g/mol. The molecule has 4 nitrogen and oxygen atoms in total. The van der Waals surface area contributed by atoms with Crippen LogP contribution < -0.4 is 11.1 Å². The standard InChI is InChI=1S/C13H10Cl2N2O2/c14-7-3-8(15)5-10(4-7)17-13(19)11-2-1-9(16)6-12(11)18/h1-6,18H,16H2,(H,17,19). The maximum atomic E-state index is 12.0. The van der Waals surface area contributed by atoms with Crippen LogP contribution in [0.5, 0.6) is 5.75 Å². The van der Waals surface area contributed by atoms with Gasteiger partial charge >= 0.3 is 0 Å². The Bertz CT molecular complexity index is 624. The van der Waals surface area contributed by atoms with Crippen molar-refractivity contribution < 1.29 is 9.90 Å². The van der Waals surface area contributed by atoms with E-state index in [2.05, 4.69) is 5.32 Å². The van der Waals surface area contributed by atoms with Gasteiger partial charge in [0.05, 0.1) is 5.56 Å². The maximum absolute atomic E-state index is 12.0. The lowest BCUT2D eigenvalue weighted by Crippen LogP contribution is -2.12. The minimum atomic E-state index is -0.476. The molecule has 19 heavy (non-hydrogen) atoms. The van der Waals surface area contributed by atoms with Gasteiger partial charge in [-0.1, -0.05) is 23.2 Å². The number of phenols is 1. The van der Waals surface area contributed by atoms with Crippen LogP contribution >= 0.6 is 23.2 Å². The van der Waals surface area contributed by atoms with Gasteiger partial charge in [-0.2, -0.15) is 0 Å². The molecule has 0 aliphatic heterocycles. The van der Waals surface area contributed by atoms with Gasteiger partial charge in [0.15, 0.2) is 0 Å². The van der Waals surface area contributed by atoms with Crippen LogP contribution in [0.2, 0.25) is 10.0 Å². The zero-order valence-electron chi connectivity index (χ0n) is 9.65. The van der Waals surface area contributed by atoms with Crippen molar-refractivity contribution in [3.8, 4) is 5.75 Å². The zero-order chi connectivity index (χ0) is 14.0. The van der Waals surface area contributed by atoms with Gasteiger partial charge in [0, 0.05) is 27.5 Å². The minimum absolute atomic E-state index is 0.116. The monoisotopic (exact) mass is 296 g/mol. The highest BCUT2D eigenvalue weighted by molar-refractivity contribution is 6.35. The SMILES string of the molecule is Nc1ccc(C(=O)Nc2cc(Cl)cc(Cl)c2)c(O)c1. The lowest BCUT2D eigenvalue weighted by Gasteiger charge is -2.08. The number of halogens is 2. The molecule has 0 atom stereocenters. The van der Waals surface area contributed by atoms with E-state index in [4.69, 9.17) is 28.9 Å². The second-order valence-corrected chi connectivity index (χ2v) is 4.76. The molecule has 6 heteroatoms. The van der Waals surface area contributed by atoms with Crippen LogP contribution in [0.4, 0.5) is 11.4 Å². The molecule has 4 N–H and O–H groups in total. The van der Waals surface area contributed by atoms with E-state index in [-0.39, 0.29) is 11.3 Å². The van der Waals surface area contributed by atoms with E-state index >= 15 is 0 Å². The van der Waals surface area contributed by atoms with Gasteiger partial charge in [-0.05, 0) is 30.3 Å². The van der Waals surface area contributed by atoms with Crippen LogP contribution in [0.25, 0.3) is 0 Å². The summed E-state index contributed by atoms with van der Waals surface area (Å²) in [4.78, 5) is 12.0. The van der Waals surface area contributed by atoms with E-state index in [0.717, 1.165) is 0 Å². The number of hydrogen-bond acceptors (Lipinski definition) is 3. The van der Waals surface area contributed by atoms with E-state index in [0.29, 0.717) is 21.4 Å². The van der Waals surface area contributed by atoms with Crippen LogP contribution in [0, 0.1) is 0 Å². The van der Waals surface area contributed by atoms with Crippen molar-refractivity contribution in [2.24, 2.45) is 0 Å². The number of carbonyl (C=O) groups excluding carboxylic acids is 1. The predicted octanol–water partition coefficient (Wildman–Crippen LogP) is 3.53. The van der Waals surface area contributed by atoms with Crippen molar-refractivity contribution in [1.29, 1.82) is 0 Å². The Balaban J connectivity index is 2.25. The van der Waals surface area contributed by atoms with Crippen LogP contribution in [0.3, 0.4) is 0 Å². The summed E-state index contributed by atoms with van der Waals surface area (Å²) in [6, 6.07) is 8.93. The molecule has 0 heterocycles. The highest BCUT2D eigenvalue weighted by atomic mass is 35.5. The number of nitrogen functional groups attached to an aromatic ring is 1. The third-order valence-corrected chi connectivity index (χ3v) is 2.82. The lowest BCUT2D eigenvalue weighted by molar-refractivity contribution is 0.102. The number of aromatic hydroxyl groups is 1. The van der Waals surface area contributed by atoms with E-state index in [9.17, 15) is 9.90 Å². The summed E-state index contributed by atoms with van der Waals surface area (Å²) in [5.74, 6) is -0.665. The van der Waals surface area contributed by atoms with Gasteiger partial charge in [0.2, 0.25) is 0 Å². The quantitative estimate of drug-likeness (QED) is 0.742. The van der Waals surface area contributed by atoms with Crippen molar-refractivity contribution in [1.82, 2.24) is 0 Å². The van der Waals surface area contributed by atoms with Gasteiger partial charge in [0.1, 0.15) is 5.75 Å². The Morgan fingerprint density at radius 2 is 1.74 bits per heavy atom. The van der Waals surface area contributed by atoms with Gasteiger partial charge < -0.3 is 16.2 Å². The Morgan fingerprint density at radius 1 is 1.11 bits per heavy atom. The molecule has 0 aromatic heterocycles. The number of carbonyl (C=O) groups is 1. The summed E-state index contributed by atoms with van der Waals surface area (Å²) in [6.45, 7) is 0. The first-order valence-electron chi connectivity index (χ1n) is 5.31. The van der Waals surface area contributed by atoms with Crippen molar-refractivity contribution in [2.75, 3.05) is 11.1 Å². The molecule has 2 aromatic carbocycles. The molecule has 0 spiro atoms. The average Bonchev–Trinajstić information content (AvgIpc) is 2.26. The summed E-state index contributed by atoms with van der Waals surface area (Å²) < 4.78 is 0.